The first-order chi connectivity index (χ1) is 17.0. The molecule has 182 valence electrons. The number of hydrogen-bond donors (Lipinski definition) is 1. The third-order valence-electron chi connectivity index (χ3n) is 6.37. The van der Waals surface area contributed by atoms with Gasteiger partial charge < -0.3 is 14.5 Å². The lowest BCUT2D eigenvalue weighted by molar-refractivity contribution is 0.256. The van der Waals surface area contributed by atoms with Crippen LogP contribution in [0.25, 0.3) is 11.3 Å². The molecule has 1 aromatic carbocycles. The summed E-state index contributed by atoms with van der Waals surface area (Å²) in [6, 6.07) is 13.2. The Balaban J connectivity index is 1.46. The number of alkyl halides is 1. The van der Waals surface area contributed by atoms with Crippen LogP contribution in [-0.4, -0.2) is 67.5 Å². The minimum atomic E-state index is -0.790. The van der Waals surface area contributed by atoms with Crippen LogP contribution in [0.4, 0.5) is 32.2 Å². The number of methoxy groups -OCH3 is 1. The van der Waals surface area contributed by atoms with Crippen LogP contribution < -0.4 is 24.8 Å². The maximum atomic E-state index is 13.7. The molecule has 0 bridgehead atoms. The smallest absolute Gasteiger partial charge is 0.328 e. The van der Waals surface area contributed by atoms with E-state index < -0.39 is 6.17 Å². The lowest BCUT2D eigenvalue weighted by Gasteiger charge is -2.24. The van der Waals surface area contributed by atoms with E-state index in [1.54, 1.807) is 11.0 Å². The van der Waals surface area contributed by atoms with Gasteiger partial charge in [0.25, 0.3) is 0 Å². The van der Waals surface area contributed by atoms with Crippen molar-refractivity contribution in [2.75, 3.05) is 60.4 Å². The van der Waals surface area contributed by atoms with Crippen LogP contribution in [0, 0.1) is 0 Å². The number of rotatable bonds is 4. The first kappa shape index (κ1) is 22.8. The number of fused-ring (bicyclic) bond motifs is 1. The van der Waals surface area contributed by atoms with Crippen LogP contribution in [0.3, 0.4) is 0 Å². The zero-order valence-electron chi connectivity index (χ0n) is 19.8. The summed E-state index contributed by atoms with van der Waals surface area (Å²) in [7, 11) is 3.51. The molecule has 2 aromatic heterocycles. The van der Waals surface area contributed by atoms with Crippen molar-refractivity contribution in [1.82, 2.24) is 15.0 Å². The first-order valence-corrected chi connectivity index (χ1v) is 11.7. The number of benzene rings is 1. The molecule has 1 N–H and O–H groups in total. The molecule has 0 spiro atoms. The molecule has 2 aliphatic rings. The van der Waals surface area contributed by atoms with Crippen LogP contribution >= 0.6 is 0 Å². The summed E-state index contributed by atoms with van der Waals surface area (Å²) < 4.78 is 18.9. The number of anilines is 4. The van der Waals surface area contributed by atoms with Gasteiger partial charge >= 0.3 is 6.03 Å². The molecule has 1 atom stereocenters. The third-order valence-corrected chi connectivity index (χ3v) is 6.37. The summed E-state index contributed by atoms with van der Waals surface area (Å²) in [5, 5.41) is 2.83. The number of pyridine rings is 1. The highest BCUT2D eigenvalue weighted by Gasteiger charge is 2.27. The molecule has 1 saturated heterocycles. The molecule has 0 saturated carbocycles. The second-order valence-electron chi connectivity index (χ2n) is 8.72. The monoisotopic (exact) mass is 477 g/mol. The molecule has 2 amide bonds. The van der Waals surface area contributed by atoms with E-state index in [1.807, 2.05) is 43.4 Å². The van der Waals surface area contributed by atoms with Gasteiger partial charge in [0, 0.05) is 50.5 Å². The summed E-state index contributed by atoms with van der Waals surface area (Å²) in [6.07, 6.45) is 1.89. The fraction of sp³-hybridized carbons (Fsp3) is 0.360. The molecule has 0 radical (unpaired) electrons. The number of hydrogen-bond acceptors (Lipinski definition) is 7. The Hall–Kier alpha value is -3.95. The summed E-state index contributed by atoms with van der Waals surface area (Å²) in [4.78, 5) is 32.2. The molecule has 5 rings (SSSR count). The molecule has 1 fully saturated rings. The van der Waals surface area contributed by atoms with Gasteiger partial charge in [0.15, 0.2) is 5.82 Å². The van der Waals surface area contributed by atoms with Gasteiger partial charge in [-0.25, -0.2) is 24.1 Å². The van der Waals surface area contributed by atoms with Crippen LogP contribution in [-0.2, 0) is 0 Å². The van der Waals surface area contributed by atoms with E-state index in [0.29, 0.717) is 43.6 Å². The number of urea groups is 1. The number of nitrogens with zero attached hydrogens (tertiary/aromatic N) is 6. The zero-order chi connectivity index (χ0) is 24.4. The van der Waals surface area contributed by atoms with Crippen molar-refractivity contribution in [1.29, 1.82) is 0 Å². The van der Waals surface area contributed by atoms with Gasteiger partial charge in [0.05, 0.1) is 18.5 Å². The Morgan fingerprint density at radius 2 is 2.03 bits per heavy atom. The van der Waals surface area contributed by atoms with E-state index in [2.05, 4.69) is 25.1 Å². The molecule has 0 unspecified atom stereocenters. The quantitative estimate of drug-likeness (QED) is 0.608. The van der Waals surface area contributed by atoms with Gasteiger partial charge in [-0.05, 0) is 37.1 Å². The number of carbonyl (C=O) groups excluding carboxylic acids is 1. The molecule has 35 heavy (non-hydrogen) atoms. The highest BCUT2D eigenvalue weighted by Crippen LogP contribution is 2.34. The fourth-order valence-electron chi connectivity index (χ4n) is 4.50. The van der Waals surface area contributed by atoms with Gasteiger partial charge in [-0.1, -0.05) is 12.1 Å². The lowest BCUT2D eigenvalue weighted by atomic mass is 10.1. The van der Waals surface area contributed by atoms with Crippen molar-refractivity contribution < 1.29 is 13.9 Å². The molecule has 10 heteroatoms. The Morgan fingerprint density at radius 3 is 2.83 bits per heavy atom. The van der Waals surface area contributed by atoms with Crippen molar-refractivity contribution in [3.63, 3.8) is 0 Å². The van der Waals surface area contributed by atoms with Crippen molar-refractivity contribution in [3.8, 4) is 17.1 Å². The largest absolute Gasteiger partial charge is 0.481 e. The Morgan fingerprint density at radius 1 is 1.14 bits per heavy atom. The first-order valence-electron chi connectivity index (χ1n) is 11.7. The normalized spacial score (nSPS) is 17.7. The molecule has 2 aliphatic heterocycles. The zero-order valence-corrected chi connectivity index (χ0v) is 19.8. The topological polar surface area (TPSA) is 86.7 Å². The second kappa shape index (κ2) is 9.73. The summed E-state index contributed by atoms with van der Waals surface area (Å²) in [5.74, 6) is 1.29. The Kier molecular flexibility index (Phi) is 6.35. The van der Waals surface area contributed by atoms with Crippen molar-refractivity contribution in [2.45, 2.75) is 19.0 Å². The van der Waals surface area contributed by atoms with Crippen LogP contribution in [0.1, 0.15) is 12.8 Å². The standard InChI is InChI=1S/C25H28FN7O2/c1-31-10-4-11-33(25(34)30-22-14-23(35-2)28-16-27-22)24-21(31)8-7-20(29-24)17-5-3-6-19(13-17)32-12-9-18(26)15-32/h3,5-8,13-14,16,18H,4,9-12,15H2,1-2H3,(H,27,28,30,34)/t18-/m0/s1. The van der Waals surface area contributed by atoms with Crippen molar-refractivity contribution in [3.05, 3.63) is 48.8 Å². The predicted octanol–water partition coefficient (Wildman–Crippen LogP) is 3.97. The van der Waals surface area contributed by atoms with E-state index in [1.165, 1.54) is 13.4 Å². The molecular weight excluding hydrogens is 449 g/mol. The summed E-state index contributed by atoms with van der Waals surface area (Å²) in [5.41, 5.74) is 3.51. The average Bonchev–Trinajstić information content (AvgIpc) is 3.25. The van der Waals surface area contributed by atoms with Crippen molar-refractivity contribution in [2.24, 2.45) is 0 Å². The van der Waals surface area contributed by atoms with Gasteiger partial charge in [-0.3, -0.25) is 10.2 Å². The van der Waals surface area contributed by atoms with E-state index in [-0.39, 0.29) is 6.03 Å². The molecular formula is C25H28FN7O2. The minimum absolute atomic E-state index is 0.327. The van der Waals surface area contributed by atoms with Crippen LogP contribution in [0.5, 0.6) is 5.88 Å². The Labute approximate surface area is 203 Å². The molecule has 4 heterocycles. The number of amides is 2. The third kappa shape index (κ3) is 4.82. The minimum Gasteiger partial charge on any atom is -0.481 e. The number of aromatic nitrogens is 3. The second-order valence-corrected chi connectivity index (χ2v) is 8.72. The van der Waals surface area contributed by atoms with E-state index >= 15 is 0 Å². The fourth-order valence-corrected chi connectivity index (χ4v) is 4.50. The molecule has 0 aliphatic carbocycles. The number of carbonyl (C=O) groups is 1. The van der Waals surface area contributed by atoms with E-state index in [9.17, 15) is 9.18 Å². The summed E-state index contributed by atoms with van der Waals surface area (Å²) >= 11 is 0. The predicted molar refractivity (Wildman–Crippen MR) is 134 cm³/mol. The number of ether oxygens (including phenoxy) is 1. The van der Waals surface area contributed by atoms with Crippen LogP contribution in [0.2, 0.25) is 0 Å². The van der Waals surface area contributed by atoms with Gasteiger partial charge in [-0.15, -0.1) is 0 Å². The van der Waals surface area contributed by atoms with Gasteiger partial charge in [0.2, 0.25) is 5.88 Å². The maximum absolute atomic E-state index is 13.7. The summed E-state index contributed by atoms with van der Waals surface area (Å²) in [6.45, 7) is 2.42. The lowest BCUT2D eigenvalue weighted by Crippen LogP contribution is -2.36. The SMILES string of the molecule is COc1cc(NC(=O)N2CCCN(C)c3ccc(-c4cccc(N5CC[C@H](F)C5)c4)nc32)ncn1. The number of nitrogens with one attached hydrogen (secondary N) is 1. The van der Waals surface area contributed by atoms with Gasteiger partial charge in [0.1, 0.15) is 18.3 Å². The molecule has 9 nitrogen and oxygen atoms in total. The molecule has 3 aromatic rings. The van der Waals surface area contributed by atoms with E-state index in [4.69, 9.17) is 9.72 Å². The van der Waals surface area contributed by atoms with Crippen LogP contribution in [0.15, 0.2) is 48.8 Å². The Bertz CT molecular complexity index is 1220. The number of halogens is 1. The van der Waals surface area contributed by atoms with Gasteiger partial charge in [-0.2, -0.15) is 0 Å². The maximum Gasteiger partial charge on any atom is 0.328 e. The highest BCUT2D eigenvalue weighted by molar-refractivity contribution is 6.03. The average molecular weight is 478 g/mol. The van der Waals surface area contributed by atoms with Crippen molar-refractivity contribution >= 4 is 29.0 Å². The highest BCUT2D eigenvalue weighted by atomic mass is 19.1. The van der Waals surface area contributed by atoms with E-state index in [0.717, 1.165) is 35.6 Å².